The number of para-hydroxylation sites is 1. The van der Waals surface area contributed by atoms with Crippen molar-refractivity contribution in [1.82, 2.24) is 5.32 Å². The monoisotopic (exact) mass is 464 g/mol. The van der Waals surface area contributed by atoms with Crippen LogP contribution >= 0.6 is 0 Å². The van der Waals surface area contributed by atoms with Gasteiger partial charge >= 0.3 is 0 Å². The van der Waals surface area contributed by atoms with Crippen LogP contribution in [0.15, 0.2) is 42.5 Å². The van der Waals surface area contributed by atoms with Gasteiger partial charge in [0, 0.05) is 30.5 Å². The zero-order valence-electron chi connectivity index (χ0n) is 17.7. The zero-order chi connectivity index (χ0) is 23.1. The summed E-state index contributed by atoms with van der Waals surface area (Å²) in [5, 5.41) is 12.9. The minimum absolute atomic E-state index is 0.0637. The molecule has 1 aliphatic carbocycles. The third-order valence-corrected chi connectivity index (χ3v) is 7.77. The number of nitrogens with one attached hydrogen (secondary N) is 1. The molecule has 1 amide bonds. The summed E-state index contributed by atoms with van der Waals surface area (Å²) in [6.45, 7) is 0.234. The van der Waals surface area contributed by atoms with E-state index in [4.69, 9.17) is 0 Å². The Labute approximate surface area is 186 Å². The molecule has 1 saturated carbocycles. The first-order valence-electron chi connectivity index (χ1n) is 10.6. The first kappa shape index (κ1) is 22.7. The second-order valence-corrected chi connectivity index (χ2v) is 10.7. The van der Waals surface area contributed by atoms with Crippen LogP contribution < -0.4 is 9.62 Å². The van der Waals surface area contributed by atoms with Gasteiger partial charge in [-0.25, -0.2) is 17.2 Å². The van der Waals surface area contributed by atoms with E-state index in [1.165, 1.54) is 10.6 Å². The normalized spacial score (nSPS) is 23.8. The number of aliphatic hydroxyl groups excluding tert-OH is 1. The lowest BCUT2D eigenvalue weighted by Gasteiger charge is -2.37. The molecular formula is C23H26F2N2O4S. The highest BCUT2D eigenvalue weighted by Crippen LogP contribution is 2.50. The Morgan fingerprint density at radius 1 is 1.19 bits per heavy atom. The van der Waals surface area contributed by atoms with Crippen LogP contribution in [0.25, 0.3) is 0 Å². The van der Waals surface area contributed by atoms with Gasteiger partial charge in [-0.2, -0.15) is 0 Å². The van der Waals surface area contributed by atoms with Gasteiger partial charge in [0.25, 0.3) is 0 Å². The highest BCUT2D eigenvalue weighted by Gasteiger charge is 2.47. The third-order valence-electron chi connectivity index (χ3n) is 6.64. The van der Waals surface area contributed by atoms with E-state index in [1.54, 1.807) is 0 Å². The van der Waals surface area contributed by atoms with E-state index < -0.39 is 27.8 Å². The fourth-order valence-electron chi connectivity index (χ4n) is 4.97. The van der Waals surface area contributed by atoms with E-state index in [0.717, 1.165) is 23.8 Å². The number of anilines is 1. The first-order valence-corrected chi connectivity index (χ1v) is 12.4. The van der Waals surface area contributed by atoms with Gasteiger partial charge in [-0.3, -0.25) is 9.10 Å². The lowest BCUT2D eigenvalue weighted by Crippen LogP contribution is -2.42. The number of rotatable bonds is 5. The number of hydrogen-bond acceptors (Lipinski definition) is 4. The van der Waals surface area contributed by atoms with Crippen LogP contribution in [0.5, 0.6) is 0 Å². The van der Waals surface area contributed by atoms with E-state index in [1.807, 2.05) is 24.3 Å². The fraction of sp³-hybridized carbons (Fsp3) is 0.435. The fourth-order valence-corrected chi connectivity index (χ4v) is 5.97. The molecule has 2 aliphatic rings. The quantitative estimate of drug-likeness (QED) is 0.712. The van der Waals surface area contributed by atoms with Gasteiger partial charge in [-0.05, 0) is 55.0 Å². The lowest BCUT2D eigenvalue weighted by molar-refractivity contribution is -0.126. The SMILES string of the molecule is CS(=O)(=O)N1CC2(CCC(C(=O)NCC(O)c3cc(F)cc(F)c3)CC2)c2ccccc21. The van der Waals surface area contributed by atoms with Crippen molar-refractivity contribution in [3.05, 3.63) is 65.2 Å². The van der Waals surface area contributed by atoms with Gasteiger partial charge in [0.05, 0.1) is 18.0 Å². The zero-order valence-corrected chi connectivity index (χ0v) is 18.5. The molecule has 1 atom stereocenters. The molecule has 0 aromatic heterocycles. The molecule has 0 saturated heterocycles. The van der Waals surface area contributed by atoms with Crippen LogP contribution in [0.4, 0.5) is 14.5 Å². The number of halogens is 2. The second kappa shape index (κ2) is 8.44. The molecule has 1 heterocycles. The molecule has 2 aromatic rings. The standard InChI is InChI=1S/C23H26F2N2O4S/c1-32(30,31)27-14-23(19-4-2-3-5-20(19)27)8-6-15(7-9-23)22(29)26-13-21(28)16-10-17(24)12-18(25)11-16/h2-5,10-12,15,21,28H,6-9,13-14H2,1H3,(H,26,29). The number of nitrogens with zero attached hydrogens (tertiary/aromatic N) is 1. The van der Waals surface area contributed by atoms with Crippen LogP contribution in [-0.2, 0) is 20.2 Å². The minimum Gasteiger partial charge on any atom is -0.387 e. The van der Waals surface area contributed by atoms with Crippen molar-refractivity contribution in [3.63, 3.8) is 0 Å². The van der Waals surface area contributed by atoms with E-state index in [2.05, 4.69) is 5.32 Å². The maximum Gasteiger partial charge on any atom is 0.232 e. The Bertz CT molecular complexity index is 1110. The molecule has 6 nitrogen and oxygen atoms in total. The third kappa shape index (κ3) is 4.36. The molecule has 1 spiro atoms. The van der Waals surface area contributed by atoms with Crippen LogP contribution in [0, 0.1) is 17.6 Å². The number of hydrogen-bond donors (Lipinski definition) is 2. The molecule has 2 aromatic carbocycles. The minimum atomic E-state index is -3.40. The number of carbonyl (C=O) groups excluding carboxylic acids is 1. The number of aliphatic hydroxyl groups is 1. The molecule has 172 valence electrons. The second-order valence-electron chi connectivity index (χ2n) is 8.81. The van der Waals surface area contributed by atoms with Crippen molar-refractivity contribution < 1.29 is 27.1 Å². The molecule has 0 bridgehead atoms. The molecule has 0 radical (unpaired) electrons. The van der Waals surface area contributed by atoms with Crippen LogP contribution in [0.1, 0.15) is 42.9 Å². The van der Waals surface area contributed by atoms with Gasteiger partial charge in [0.2, 0.25) is 15.9 Å². The number of benzene rings is 2. The van der Waals surface area contributed by atoms with Crippen molar-refractivity contribution in [2.75, 3.05) is 23.7 Å². The summed E-state index contributed by atoms with van der Waals surface area (Å²) >= 11 is 0. The summed E-state index contributed by atoms with van der Waals surface area (Å²) in [5.74, 6) is -2.07. The maximum absolute atomic E-state index is 13.4. The smallest absolute Gasteiger partial charge is 0.232 e. The summed E-state index contributed by atoms with van der Waals surface area (Å²) in [4.78, 5) is 12.7. The molecule has 4 rings (SSSR count). The summed E-state index contributed by atoms with van der Waals surface area (Å²) in [6.07, 6.45) is 2.50. The molecular weight excluding hydrogens is 438 g/mol. The highest BCUT2D eigenvalue weighted by molar-refractivity contribution is 7.92. The van der Waals surface area contributed by atoms with Crippen molar-refractivity contribution in [2.45, 2.75) is 37.2 Å². The summed E-state index contributed by atoms with van der Waals surface area (Å²) in [6, 6.07) is 10.3. The predicted octanol–water partition coefficient (Wildman–Crippen LogP) is 3.02. The highest BCUT2D eigenvalue weighted by atomic mass is 32.2. The summed E-state index contributed by atoms with van der Waals surface area (Å²) in [5.41, 5.74) is 1.47. The average Bonchev–Trinajstić information content (AvgIpc) is 3.06. The number of fused-ring (bicyclic) bond motifs is 2. The molecule has 1 unspecified atom stereocenters. The number of sulfonamides is 1. The first-order chi connectivity index (χ1) is 15.1. The molecule has 2 N–H and O–H groups in total. The Kier molecular flexibility index (Phi) is 5.98. The van der Waals surface area contributed by atoms with Crippen molar-refractivity contribution >= 4 is 21.6 Å². The lowest BCUT2D eigenvalue weighted by atomic mass is 9.67. The molecule has 9 heteroatoms. The van der Waals surface area contributed by atoms with Gasteiger partial charge in [0.1, 0.15) is 11.6 Å². The Morgan fingerprint density at radius 3 is 2.44 bits per heavy atom. The largest absolute Gasteiger partial charge is 0.387 e. The molecule has 1 aliphatic heterocycles. The van der Waals surface area contributed by atoms with E-state index in [-0.39, 0.29) is 29.3 Å². The average molecular weight is 465 g/mol. The van der Waals surface area contributed by atoms with E-state index in [0.29, 0.717) is 37.9 Å². The Morgan fingerprint density at radius 2 is 1.81 bits per heavy atom. The molecule has 32 heavy (non-hydrogen) atoms. The topological polar surface area (TPSA) is 86.7 Å². The van der Waals surface area contributed by atoms with Gasteiger partial charge in [0.15, 0.2) is 0 Å². The van der Waals surface area contributed by atoms with E-state index >= 15 is 0 Å². The Balaban J connectivity index is 1.39. The maximum atomic E-state index is 13.4. The van der Waals surface area contributed by atoms with Crippen LogP contribution in [-0.4, -0.2) is 38.8 Å². The van der Waals surface area contributed by atoms with Crippen LogP contribution in [0.2, 0.25) is 0 Å². The number of carbonyl (C=O) groups is 1. The van der Waals surface area contributed by atoms with E-state index in [9.17, 15) is 27.1 Å². The van der Waals surface area contributed by atoms with Crippen molar-refractivity contribution in [2.24, 2.45) is 5.92 Å². The molecule has 1 fully saturated rings. The predicted molar refractivity (Wildman–Crippen MR) is 117 cm³/mol. The summed E-state index contributed by atoms with van der Waals surface area (Å²) in [7, 11) is -3.40. The van der Waals surface area contributed by atoms with Gasteiger partial charge in [-0.1, -0.05) is 18.2 Å². The van der Waals surface area contributed by atoms with Crippen LogP contribution in [0.3, 0.4) is 0 Å². The van der Waals surface area contributed by atoms with Crippen molar-refractivity contribution in [3.8, 4) is 0 Å². The van der Waals surface area contributed by atoms with Crippen molar-refractivity contribution in [1.29, 1.82) is 0 Å². The van der Waals surface area contributed by atoms with Gasteiger partial charge < -0.3 is 10.4 Å². The summed E-state index contributed by atoms with van der Waals surface area (Å²) < 4.78 is 52.7. The Hall–Kier alpha value is -2.52. The number of amides is 1. The van der Waals surface area contributed by atoms with Gasteiger partial charge in [-0.15, -0.1) is 0 Å².